The maximum atomic E-state index is 13.1. The summed E-state index contributed by atoms with van der Waals surface area (Å²) in [6.07, 6.45) is 0.295. The highest BCUT2D eigenvalue weighted by Gasteiger charge is 2.44. The zero-order valence-corrected chi connectivity index (χ0v) is 19.6. The van der Waals surface area contributed by atoms with Crippen molar-refractivity contribution in [3.05, 3.63) is 11.1 Å². The van der Waals surface area contributed by atoms with E-state index in [9.17, 15) is 9.59 Å². The number of Topliss-reactive ketones (excluding diaryl/α,β-unsaturated/α-hetero) is 2. The van der Waals surface area contributed by atoms with E-state index in [1.54, 1.807) is 14.0 Å². The van der Waals surface area contributed by atoms with Crippen LogP contribution in [-0.2, 0) is 18.8 Å². The van der Waals surface area contributed by atoms with Gasteiger partial charge in [0, 0.05) is 12.7 Å². The Kier molecular flexibility index (Phi) is 10.2. The Balaban J connectivity index is 5.69. The van der Waals surface area contributed by atoms with Crippen LogP contribution in [0.15, 0.2) is 11.1 Å². The molecule has 5 heteroatoms. The first-order chi connectivity index (χ1) is 12.0. The van der Waals surface area contributed by atoms with Gasteiger partial charge in [0.05, 0.1) is 17.6 Å². The normalized spacial score (nSPS) is 16.1. The van der Waals surface area contributed by atoms with Gasteiger partial charge < -0.3 is 9.16 Å². The van der Waals surface area contributed by atoms with Gasteiger partial charge in [0.25, 0.3) is 0 Å². The zero-order valence-electron chi connectivity index (χ0n) is 18.6. The van der Waals surface area contributed by atoms with Crippen molar-refractivity contribution in [2.45, 2.75) is 99.1 Å². The summed E-state index contributed by atoms with van der Waals surface area (Å²) in [6, 6.07) is 3.08. The van der Waals surface area contributed by atoms with Crippen molar-refractivity contribution >= 4 is 19.9 Å². The molecule has 0 aromatic rings. The summed E-state index contributed by atoms with van der Waals surface area (Å²) in [5.41, 5.74) is 0.439. The predicted octanol–water partition coefficient (Wildman–Crippen LogP) is 5.32. The number of carbonyl (C=O) groups is 2. The first-order valence-corrected chi connectivity index (χ1v) is 12.5. The quantitative estimate of drug-likeness (QED) is 0.259. The molecule has 152 valence electrons. The molecular formula is C21H40O4Si. The van der Waals surface area contributed by atoms with Gasteiger partial charge in [-0.3, -0.25) is 9.59 Å². The van der Waals surface area contributed by atoms with E-state index in [4.69, 9.17) is 9.16 Å². The summed E-state index contributed by atoms with van der Waals surface area (Å²) in [7, 11) is -0.260. The van der Waals surface area contributed by atoms with Crippen LogP contribution in [0.3, 0.4) is 0 Å². The van der Waals surface area contributed by atoms with Gasteiger partial charge in [0.1, 0.15) is 0 Å². The van der Waals surface area contributed by atoms with Gasteiger partial charge in [-0.15, -0.1) is 0 Å². The van der Waals surface area contributed by atoms with Gasteiger partial charge in [-0.25, -0.2) is 0 Å². The van der Waals surface area contributed by atoms with E-state index in [-0.39, 0.29) is 18.0 Å². The van der Waals surface area contributed by atoms with Crippen LogP contribution >= 0.6 is 0 Å². The van der Waals surface area contributed by atoms with Gasteiger partial charge in [0.2, 0.25) is 11.6 Å². The fourth-order valence-corrected chi connectivity index (χ4v) is 6.38. The van der Waals surface area contributed by atoms with Crippen LogP contribution < -0.4 is 0 Å². The van der Waals surface area contributed by atoms with Crippen molar-refractivity contribution in [3.63, 3.8) is 0 Å². The fourth-order valence-electron chi connectivity index (χ4n) is 3.31. The number of ether oxygens (including phenoxy) is 1. The molecule has 0 spiro atoms. The molecule has 0 aromatic carbocycles. The molecule has 0 aliphatic carbocycles. The minimum absolute atomic E-state index is 0.187. The lowest BCUT2D eigenvalue weighted by molar-refractivity contribution is -0.143. The summed E-state index contributed by atoms with van der Waals surface area (Å²) in [5.74, 6) is -0.786. The maximum absolute atomic E-state index is 13.1. The molecule has 0 aliphatic heterocycles. The number of ketones is 2. The topological polar surface area (TPSA) is 52.6 Å². The smallest absolute Gasteiger partial charge is 0.224 e. The molecule has 0 radical (unpaired) electrons. The number of rotatable bonds is 12. The first-order valence-electron chi connectivity index (χ1n) is 9.94. The summed E-state index contributed by atoms with van der Waals surface area (Å²) in [6.45, 7) is 17.7. The first kappa shape index (κ1) is 25.2. The van der Waals surface area contributed by atoms with E-state index in [0.717, 1.165) is 30.1 Å². The molecule has 0 aliphatic rings. The Morgan fingerprint density at radius 1 is 1.00 bits per heavy atom. The molecule has 0 saturated heterocycles. The second-order valence-electron chi connectivity index (χ2n) is 7.82. The molecule has 0 amide bonds. The molecule has 0 aromatic heterocycles. The van der Waals surface area contributed by atoms with Crippen LogP contribution in [0.25, 0.3) is 0 Å². The van der Waals surface area contributed by atoms with E-state index in [1.165, 1.54) is 0 Å². The number of hydrogen-bond acceptors (Lipinski definition) is 4. The molecule has 4 nitrogen and oxygen atoms in total. The monoisotopic (exact) mass is 384 g/mol. The third kappa shape index (κ3) is 5.60. The van der Waals surface area contributed by atoms with E-state index in [0.29, 0.717) is 5.57 Å². The lowest BCUT2D eigenvalue weighted by Gasteiger charge is -2.40. The molecule has 1 unspecified atom stereocenters. The Hall–Kier alpha value is -0.783. The molecule has 0 saturated carbocycles. The summed E-state index contributed by atoms with van der Waals surface area (Å²) < 4.78 is 11.9. The maximum Gasteiger partial charge on any atom is 0.224 e. The molecule has 0 bridgehead atoms. The number of allylic oxidation sites excluding steroid dienone is 1. The van der Waals surface area contributed by atoms with Crippen molar-refractivity contribution < 1.29 is 18.8 Å². The summed E-state index contributed by atoms with van der Waals surface area (Å²) in [4.78, 5) is 25.9. The van der Waals surface area contributed by atoms with Gasteiger partial charge in [-0.1, -0.05) is 27.7 Å². The summed E-state index contributed by atoms with van der Waals surface area (Å²) in [5, 5.41) is 0. The highest BCUT2D eigenvalue weighted by Crippen LogP contribution is 2.34. The molecule has 0 fully saturated rings. The molecule has 2 atom stereocenters. The zero-order chi connectivity index (χ0) is 20.7. The second-order valence-corrected chi connectivity index (χ2v) is 12.5. The fraction of sp³-hybridized carbons (Fsp3) is 0.810. The van der Waals surface area contributed by atoms with Crippen LogP contribution in [0, 0.1) is 5.41 Å². The Labute approximate surface area is 161 Å². The highest BCUT2D eigenvalue weighted by atomic mass is 28.4. The molecule has 0 N–H and O–H groups in total. The second kappa shape index (κ2) is 10.5. The van der Waals surface area contributed by atoms with E-state index in [1.807, 2.05) is 34.6 Å². The average Bonchev–Trinajstić information content (AvgIpc) is 2.66. The third-order valence-electron chi connectivity index (χ3n) is 6.19. The van der Waals surface area contributed by atoms with E-state index >= 15 is 0 Å². The third-order valence-corrected chi connectivity index (χ3v) is 10.8. The van der Waals surface area contributed by atoms with E-state index < -0.39 is 19.5 Å². The van der Waals surface area contributed by atoms with Crippen molar-refractivity contribution in [1.29, 1.82) is 0 Å². The standard InChI is InChI=1S/C21H40O4Si/c1-11-18(25-26(12-2,13-3)14-4)21(8,9)20(23)19(22)16(6)15(5)17(7)24-10/h17-18H,11-14H2,1-10H3/b16-15+/t17-,18?/m0/s1. The number of methoxy groups -OCH3 is 1. The minimum atomic E-state index is -1.86. The molecule has 0 heterocycles. The summed E-state index contributed by atoms with van der Waals surface area (Å²) >= 11 is 0. The van der Waals surface area contributed by atoms with Gasteiger partial charge in [-0.05, 0) is 64.7 Å². The van der Waals surface area contributed by atoms with Crippen LogP contribution in [0.2, 0.25) is 18.1 Å². The lowest BCUT2D eigenvalue weighted by Crippen LogP contribution is -2.49. The van der Waals surface area contributed by atoms with Crippen molar-refractivity contribution in [2.24, 2.45) is 5.41 Å². The molecule has 0 rings (SSSR count). The van der Waals surface area contributed by atoms with Crippen LogP contribution in [0.5, 0.6) is 0 Å². The van der Waals surface area contributed by atoms with Crippen molar-refractivity contribution in [3.8, 4) is 0 Å². The molecule has 26 heavy (non-hydrogen) atoms. The van der Waals surface area contributed by atoms with Crippen molar-refractivity contribution in [2.75, 3.05) is 7.11 Å². The lowest BCUT2D eigenvalue weighted by atomic mass is 9.77. The van der Waals surface area contributed by atoms with Crippen LogP contribution in [0.4, 0.5) is 0 Å². The molecular weight excluding hydrogens is 344 g/mol. The van der Waals surface area contributed by atoms with Crippen molar-refractivity contribution in [1.82, 2.24) is 0 Å². The van der Waals surface area contributed by atoms with Crippen LogP contribution in [0.1, 0.15) is 68.7 Å². The predicted molar refractivity (Wildman–Crippen MR) is 111 cm³/mol. The van der Waals surface area contributed by atoms with E-state index in [2.05, 4.69) is 20.8 Å². The SMILES string of the molecule is CCC(O[Si](CC)(CC)CC)C(C)(C)C(=O)C(=O)/C(C)=C(\C)[C@H](C)OC. The average molecular weight is 385 g/mol. The number of carbonyl (C=O) groups excluding carboxylic acids is 2. The number of hydrogen-bond donors (Lipinski definition) is 0. The largest absolute Gasteiger partial charge is 0.413 e. The highest BCUT2D eigenvalue weighted by molar-refractivity contribution is 6.73. The Morgan fingerprint density at radius 3 is 1.81 bits per heavy atom. The van der Waals surface area contributed by atoms with Gasteiger partial charge in [0.15, 0.2) is 8.32 Å². The van der Waals surface area contributed by atoms with Crippen LogP contribution in [-0.4, -0.2) is 39.2 Å². The Bertz CT molecular complexity index is 510. The van der Waals surface area contributed by atoms with Gasteiger partial charge >= 0.3 is 0 Å². The Morgan fingerprint density at radius 2 is 1.46 bits per heavy atom. The minimum Gasteiger partial charge on any atom is -0.413 e. The van der Waals surface area contributed by atoms with Gasteiger partial charge in [-0.2, -0.15) is 0 Å².